The van der Waals surface area contributed by atoms with Gasteiger partial charge in [0.05, 0.1) is 30.6 Å². The van der Waals surface area contributed by atoms with Crippen LogP contribution in [0.2, 0.25) is 0 Å². The minimum atomic E-state index is -0.489. The summed E-state index contributed by atoms with van der Waals surface area (Å²) in [5.41, 5.74) is 6.20. The molecule has 1 aromatic heterocycles. The van der Waals surface area contributed by atoms with E-state index in [0.717, 1.165) is 0 Å². The summed E-state index contributed by atoms with van der Waals surface area (Å²) in [5.74, 6) is 0.636. The molecular weight excluding hydrogens is 196 g/mol. The van der Waals surface area contributed by atoms with Crippen LogP contribution in [-0.2, 0) is 6.54 Å². The lowest BCUT2D eigenvalue weighted by atomic mass is 10.4. The van der Waals surface area contributed by atoms with Crippen molar-refractivity contribution in [1.29, 1.82) is 0 Å². The van der Waals surface area contributed by atoms with Crippen LogP contribution in [-0.4, -0.2) is 38.7 Å². The first-order chi connectivity index (χ1) is 7.00. The van der Waals surface area contributed by atoms with Crippen molar-refractivity contribution in [3.8, 4) is 0 Å². The molecule has 0 saturated carbocycles. The van der Waals surface area contributed by atoms with Gasteiger partial charge in [0, 0.05) is 6.54 Å². The van der Waals surface area contributed by atoms with Gasteiger partial charge in [-0.1, -0.05) is 0 Å². The number of nitrogens with zero attached hydrogens (tertiary/aromatic N) is 2. The number of aliphatic hydroxyl groups is 2. The van der Waals surface area contributed by atoms with Gasteiger partial charge in [-0.15, -0.1) is 0 Å². The van der Waals surface area contributed by atoms with Crippen LogP contribution >= 0.6 is 0 Å². The average Bonchev–Trinajstić information content (AvgIpc) is 2.43. The predicted octanol–water partition coefficient (Wildman–Crippen LogP) is -0.361. The standard InChI is InChI=1S/C9H18N4O2/c1-6(14)3-11-9-8(10)4-12-13(9)5-7(2)15/h4,6-7,11,14-15H,3,5,10H2,1-2H3. The minimum absolute atomic E-state index is 0.374. The Morgan fingerprint density at radius 1 is 1.47 bits per heavy atom. The van der Waals surface area contributed by atoms with Crippen LogP contribution in [0.1, 0.15) is 13.8 Å². The first-order valence-corrected chi connectivity index (χ1v) is 4.92. The van der Waals surface area contributed by atoms with Crippen molar-refractivity contribution in [2.45, 2.75) is 32.6 Å². The molecule has 0 aliphatic carbocycles. The first kappa shape index (κ1) is 11.8. The highest BCUT2D eigenvalue weighted by atomic mass is 16.3. The number of nitrogens with two attached hydrogens (primary N) is 1. The van der Waals surface area contributed by atoms with Gasteiger partial charge < -0.3 is 21.3 Å². The molecule has 0 bridgehead atoms. The lowest BCUT2D eigenvalue weighted by molar-refractivity contribution is 0.169. The second-order valence-electron chi connectivity index (χ2n) is 3.71. The maximum atomic E-state index is 9.24. The van der Waals surface area contributed by atoms with Gasteiger partial charge in [0.25, 0.3) is 0 Å². The van der Waals surface area contributed by atoms with Gasteiger partial charge in [-0.05, 0) is 13.8 Å². The minimum Gasteiger partial charge on any atom is -0.394 e. The van der Waals surface area contributed by atoms with E-state index in [-0.39, 0.29) is 0 Å². The summed E-state index contributed by atoms with van der Waals surface area (Å²) in [6.07, 6.45) is 0.572. The molecule has 0 aromatic carbocycles. The Labute approximate surface area is 88.7 Å². The van der Waals surface area contributed by atoms with Crippen molar-refractivity contribution in [3.05, 3.63) is 6.20 Å². The van der Waals surface area contributed by atoms with Gasteiger partial charge in [-0.2, -0.15) is 5.10 Å². The van der Waals surface area contributed by atoms with Crippen molar-refractivity contribution < 1.29 is 10.2 Å². The van der Waals surface area contributed by atoms with Crippen LogP contribution in [0.5, 0.6) is 0 Å². The van der Waals surface area contributed by atoms with Gasteiger partial charge in [0.2, 0.25) is 0 Å². The summed E-state index contributed by atoms with van der Waals surface area (Å²) >= 11 is 0. The molecule has 0 saturated heterocycles. The number of anilines is 2. The fourth-order valence-electron chi connectivity index (χ4n) is 1.23. The smallest absolute Gasteiger partial charge is 0.147 e. The molecule has 5 N–H and O–H groups in total. The summed E-state index contributed by atoms with van der Waals surface area (Å²) in [4.78, 5) is 0. The molecule has 6 heteroatoms. The van der Waals surface area contributed by atoms with Crippen molar-refractivity contribution in [1.82, 2.24) is 9.78 Å². The second kappa shape index (κ2) is 4.99. The number of nitrogen functional groups attached to an aromatic ring is 1. The molecule has 0 amide bonds. The quantitative estimate of drug-likeness (QED) is 0.536. The maximum Gasteiger partial charge on any atom is 0.147 e. The fraction of sp³-hybridized carbons (Fsp3) is 0.667. The number of rotatable bonds is 5. The molecule has 1 heterocycles. The summed E-state index contributed by atoms with van der Waals surface area (Å²) in [6.45, 7) is 4.13. The molecule has 0 aliphatic heterocycles. The molecule has 0 aliphatic rings. The third kappa shape index (κ3) is 3.41. The predicted molar refractivity (Wildman–Crippen MR) is 58.5 cm³/mol. The van der Waals surface area contributed by atoms with Crippen LogP contribution in [0.15, 0.2) is 6.20 Å². The molecule has 0 radical (unpaired) electrons. The van der Waals surface area contributed by atoms with Crippen molar-refractivity contribution in [3.63, 3.8) is 0 Å². The Morgan fingerprint density at radius 2 is 2.13 bits per heavy atom. The van der Waals surface area contributed by atoms with E-state index < -0.39 is 12.2 Å². The lowest BCUT2D eigenvalue weighted by Gasteiger charge is -2.13. The Balaban J connectivity index is 2.70. The third-order valence-corrected chi connectivity index (χ3v) is 1.87. The molecule has 0 spiro atoms. The molecule has 86 valence electrons. The number of nitrogens with one attached hydrogen (secondary N) is 1. The highest BCUT2D eigenvalue weighted by Crippen LogP contribution is 2.17. The topological polar surface area (TPSA) is 96.3 Å². The summed E-state index contributed by atoms with van der Waals surface area (Å²) in [5, 5.41) is 25.4. The zero-order valence-corrected chi connectivity index (χ0v) is 9.01. The third-order valence-electron chi connectivity index (χ3n) is 1.87. The lowest BCUT2D eigenvalue weighted by Crippen LogP contribution is -2.21. The molecule has 6 nitrogen and oxygen atoms in total. The Bertz CT molecular complexity index is 309. The number of aliphatic hydroxyl groups excluding tert-OH is 2. The van der Waals surface area contributed by atoms with Crippen molar-refractivity contribution in [2.75, 3.05) is 17.6 Å². The summed E-state index contributed by atoms with van der Waals surface area (Å²) in [6, 6.07) is 0. The summed E-state index contributed by atoms with van der Waals surface area (Å²) in [7, 11) is 0. The normalized spacial score (nSPS) is 14.9. The van der Waals surface area contributed by atoms with Crippen LogP contribution in [0.4, 0.5) is 11.5 Å². The van der Waals surface area contributed by atoms with Crippen LogP contribution in [0.3, 0.4) is 0 Å². The van der Waals surface area contributed by atoms with Gasteiger partial charge in [0.1, 0.15) is 5.82 Å². The van der Waals surface area contributed by atoms with E-state index in [1.54, 1.807) is 18.5 Å². The molecule has 2 unspecified atom stereocenters. The monoisotopic (exact) mass is 214 g/mol. The first-order valence-electron chi connectivity index (χ1n) is 4.92. The van der Waals surface area contributed by atoms with Gasteiger partial charge in [-0.25, -0.2) is 4.68 Å². The Kier molecular flexibility index (Phi) is 3.93. The second-order valence-corrected chi connectivity index (χ2v) is 3.71. The van der Waals surface area contributed by atoms with E-state index >= 15 is 0 Å². The van der Waals surface area contributed by atoms with Crippen LogP contribution in [0, 0.1) is 0 Å². The van der Waals surface area contributed by atoms with Gasteiger partial charge >= 0.3 is 0 Å². The molecule has 2 atom stereocenters. The van der Waals surface area contributed by atoms with E-state index in [1.807, 2.05) is 0 Å². The zero-order chi connectivity index (χ0) is 11.4. The van der Waals surface area contributed by atoms with Crippen LogP contribution < -0.4 is 11.1 Å². The van der Waals surface area contributed by atoms with E-state index in [9.17, 15) is 5.11 Å². The maximum absolute atomic E-state index is 9.24. The Morgan fingerprint density at radius 3 is 2.67 bits per heavy atom. The van der Waals surface area contributed by atoms with E-state index in [2.05, 4.69) is 10.4 Å². The fourth-order valence-corrected chi connectivity index (χ4v) is 1.23. The van der Waals surface area contributed by atoms with Crippen molar-refractivity contribution in [2.24, 2.45) is 0 Å². The summed E-state index contributed by atoms with van der Waals surface area (Å²) < 4.78 is 1.59. The van der Waals surface area contributed by atoms with Gasteiger partial charge in [-0.3, -0.25) is 0 Å². The molecule has 1 rings (SSSR count). The number of aromatic nitrogens is 2. The largest absolute Gasteiger partial charge is 0.394 e. The van der Waals surface area contributed by atoms with E-state index in [0.29, 0.717) is 24.6 Å². The molecule has 1 aromatic rings. The molecular formula is C9H18N4O2. The molecule has 15 heavy (non-hydrogen) atoms. The highest BCUT2D eigenvalue weighted by molar-refractivity contribution is 5.60. The average molecular weight is 214 g/mol. The Hall–Kier alpha value is -1.27. The SMILES string of the molecule is CC(O)CNc1c(N)cnn1CC(C)O. The number of hydrogen-bond donors (Lipinski definition) is 4. The molecule has 0 fully saturated rings. The highest BCUT2D eigenvalue weighted by Gasteiger charge is 2.10. The van der Waals surface area contributed by atoms with E-state index in [4.69, 9.17) is 10.8 Å². The number of hydrogen-bond acceptors (Lipinski definition) is 5. The zero-order valence-electron chi connectivity index (χ0n) is 9.01. The van der Waals surface area contributed by atoms with E-state index in [1.165, 1.54) is 6.20 Å². The van der Waals surface area contributed by atoms with Crippen LogP contribution in [0.25, 0.3) is 0 Å². The van der Waals surface area contributed by atoms with Crippen molar-refractivity contribution >= 4 is 11.5 Å². The van der Waals surface area contributed by atoms with Gasteiger partial charge in [0.15, 0.2) is 0 Å².